The normalized spacial score (nSPS) is 10.5. The molecule has 1 amide bonds. The van der Waals surface area contributed by atoms with E-state index in [2.05, 4.69) is 20.4 Å². The number of H-pyrrole nitrogens is 1. The molecule has 3 rings (SSSR count). The highest BCUT2D eigenvalue weighted by atomic mass is 16.5. The van der Waals surface area contributed by atoms with E-state index in [-0.39, 0.29) is 5.69 Å². The lowest BCUT2D eigenvalue weighted by atomic mass is 10.1. The van der Waals surface area contributed by atoms with Gasteiger partial charge in [0.2, 0.25) is 0 Å². The largest absolute Gasteiger partial charge is 0.493 e. The van der Waals surface area contributed by atoms with Crippen LogP contribution in [0.5, 0.6) is 11.5 Å². The van der Waals surface area contributed by atoms with Gasteiger partial charge in [-0.2, -0.15) is 15.4 Å². The average molecular weight is 328 g/mol. The predicted molar refractivity (Wildman–Crippen MR) is 84.6 cm³/mol. The molecule has 3 aromatic rings. The Morgan fingerprint density at radius 1 is 1.38 bits per heavy atom. The van der Waals surface area contributed by atoms with Crippen LogP contribution in [0.2, 0.25) is 0 Å². The molecule has 0 bridgehead atoms. The van der Waals surface area contributed by atoms with Crippen LogP contribution in [-0.2, 0) is 6.54 Å². The molecule has 0 radical (unpaired) electrons. The van der Waals surface area contributed by atoms with E-state index in [4.69, 9.17) is 15.2 Å². The Morgan fingerprint density at radius 2 is 2.25 bits per heavy atom. The third kappa shape index (κ3) is 3.05. The van der Waals surface area contributed by atoms with Crippen molar-refractivity contribution in [3.63, 3.8) is 0 Å². The molecule has 0 aliphatic carbocycles. The number of methoxy groups -OCH3 is 1. The van der Waals surface area contributed by atoms with E-state index < -0.39 is 5.91 Å². The first kappa shape index (κ1) is 15.5. The molecule has 2 aromatic heterocycles. The zero-order valence-electron chi connectivity index (χ0n) is 13.0. The fraction of sp³-hybridized carbons (Fsp3) is 0.200. The van der Waals surface area contributed by atoms with Crippen molar-refractivity contribution in [3.05, 3.63) is 42.6 Å². The standard InChI is InChI=1S/C15H16N6O3/c1-23-11-4-2-3-10(12-13(15(16)22)19-20-18-12)14(11)24-8-7-21-6-5-17-9-21/h2-6,9H,7-8H2,1H3,(H2,16,22)(H,18,19,20). The summed E-state index contributed by atoms with van der Waals surface area (Å²) >= 11 is 0. The number of amides is 1. The molecular formula is C15H16N6O3. The molecule has 9 heteroatoms. The first-order chi connectivity index (χ1) is 11.7. The van der Waals surface area contributed by atoms with Gasteiger partial charge in [-0.15, -0.1) is 0 Å². The van der Waals surface area contributed by atoms with Crippen LogP contribution in [-0.4, -0.2) is 44.6 Å². The minimum absolute atomic E-state index is 0.0442. The number of ether oxygens (including phenoxy) is 2. The highest BCUT2D eigenvalue weighted by Crippen LogP contribution is 2.38. The Hall–Kier alpha value is -3.36. The van der Waals surface area contributed by atoms with Gasteiger partial charge < -0.3 is 19.8 Å². The van der Waals surface area contributed by atoms with Gasteiger partial charge >= 0.3 is 0 Å². The summed E-state index contributed by atoms with van der Waals surface area (Å²) in [7, 11) is 1.54. The number of primary amides is 1. The van der Waals surface area contributed by atoms with E-state index in [1.54, 1.807) is 37.8 Å². The van der Waals surface area contributed by atoms with Gasteiger partial charge in [-0.3, -0.25) is 4.79 Å². The summed E-state index contributed by atoms with van der Waals surface area (Å²) in [5, 5.41) is 10.2. The van der Waals surface area contributed by atoms with Crippen molar-refractivity contribution in [2.45, 2.75) is 6.54 Å². The van der Waals surface area contributed by atoms with Crippen molar-refractivity contribution < 1.29 is 14.3 Å². The fourth-order valence-electron chi connectivity index (χ4n) is 2.27. The quantitative estimate of drug-likeness (QED) is 0.663. The van der Waals surface area contributed by atoms with Gasteiger partial charge in [0.25, 0.3) is 5.91 Å². The number of hydrogen-bond acceptors (Lipinski definition) is 6. The summed E-state index contributed by atoms with van der Waals surface area (Å²) in [4.78, 5) is 15.5. The van der Waals surface area contributed by atoms with E-state index in [0.29, 0.717) is 35.9 Å². The topological polar surface area (TPSA) is 121 Å². The molecule has 1 aromatic carbocycles. The second kappa shape index (κ2) is 6.82. The molecule has 24 heavy (non-hydrogen) atoms. The lowest BCUT2D eigenvalue weighted by Crippen LogP contribution is -2.13. The zero-order chi connectivity index (χ0) is 16.9. The number of nitrogens with two attached hydrogens (primary N) is 1. The van der Waals surface area contributed by atoms with E-state index in [9.17, 15) is 4.79 Å². The maximum atomic E-state index is 11.5. The molecular weight excluding hydrogens is 312 g/mol. The first-order valence-electron chi connectivity index (χ1n) is 7.17. The second-order valence-corrected chi connectivity index (χ2v) is 4.87. The van der Waals surface area contributed by atoms with Gasteiger partial charge in [0, 0.05) is 12.4 Å². The van der Waals surface area contributed by atoms with Crippen LogP contribution in [0.25, 0.3) is 11.3 Å². The number of carbonyl (C=O) groups excluding carboxylic acids is 1. The summed E-state index contributed by atoms with van der Waals surface area (Å²) in [6.07, 6.45) is 5.24. The van der Waals surface area contributed by atoms with Gasteiger partial charge in [-0.25, -0.2) is 4.98 Å². The smallest absolute Gasteiger partial charge is 0.271 e. The van der Waals surface area contributed by atoms with Crippen LogP contribution in [0.4, 0.5) is 0 Å². The summed E-state index contributed by atoms with van der Waals surface area (Å²) in [5.41, 5.74) is 6.27. The van der Waals surface area contributed by atoms with Crippen molar-refractivity contribution in [1.82, 2.24) is 25.0 Å². The number of imidazole rings is 1. The average Bonchev–Trinajstić information content (AvgIpc) is 3.26. The first-order valence-corrected chi connectivity index (χ1v) is 7.17. The van der Waals surface area contributed by atoms with Crippen LogP contribution < -0.4 is 15.2 Å². The lowest BCUT2D eigenvalue weighted by molar-refractivity contribution is 0.0996. The van der Waals surface area contributed by atoms with Crippen molar-refractivity contribution in [2.24, 2.45) is 5.73 Å². The molecule has 0 aliphatic heterocycles. The zero-order valence-corrected chi connectivity index (χ0v) is 13.0. The van der Waals surface area contributed by atoms with Crippen molar-refractivity contribution in [2.75, 3.05) is 13.7 Å². The number of aromatic nitrogens is 5. The van der Waals surface area contributed by atoms with Crippen LogP contribution in [0.15, 0.2) is 36.9 Å². The van der Waals surface area contributed by atoms with Crippen molar-refractivity contribution in [3.8, 4) is 22.8 Å². The molecule has 0 spiro atoms. The van der Waals surface area contributed by atoms with Crippen LogP contribution in [0, 0.1) is 0 Å². The molecule has 9 nitrogen and oxygen atoms in total. The highest BCUT2D eigenvalue weighted by molar-refractivity contribution is 5.97. The Kier molecular flexibility index (Phi) is 4.41. The van der Waals surface area contributed by atoms with Gasteiger partial charge in [0.05, 0.1) is 25.5 Å². The molecule has 0 atom stereocenters. The van der Waals surface area contributed by atoms with E-state index >= 15 is 0 Å². The van der Waals surface area contributed by atoms with Crippen molar-refractivity contribution >= 4 is 5.91 Å². The minimum atomic E-state index is -0.675. The molecule has 0 unspecified atom stereocenters. The van der Waals surface area contributed by atoms with Crippen LogP contribution in [0.3, 0.4) is 0 Å². The summed E-state index contributed by atoms with van der Waals surface area (Å²) in [6, 6.07) is 5.30. The third-order valence-corrected chi connectivity index (χ3v) is 3.39. The number of aromatic amines is 1. The Labute approximate surface area is 137 Å². The van der Waals surface area contributed by atoms with Gasteiger partial charge in [-0.1, -0.05) is 6.07 Å². The van der Waals surface area contributed by atoms with Crippen LogP contribution >= 0.6 is 0 Å². The second-order valence-electron chi connectivity index (χ2n) is 4.87. The maximum absolute atomic E-state index is 11.5. The maximum Gasteiger partial charge on any atom is 0.271 e. The van der Waals surface area contributed by atoms with Gasteiger partial charge in [0.15, 0.2) is 17.2 Å². The lowest BCUT2D eigenvalue weighted by Gasteiger charge is -2.14. The molecule has 0 saturated carbocycles. The van der Waals surface area contributed by atoms with Gasteiger partial charge in [-0.05, 0) is 12.1 Å². The number of nitrogens with zero attached hydrogens (tertiary/aromatic N) is 4. The predicted octanol–water partition coefficient (Wildman–Crippen LogP) is 0.855. The monoisotopic (exact) mass is 328 g/mol. The number of para-hydroxylation sites is 1. The Balaban J connectivity index is 1.91. The Bertz CT molecular complexity index is 828. The number of carbonyl (C=O) groups is 1. The molecule has 3 N–H and O–H groups in total. The molecule has 0 fully saturated rings. The van der Waals surface area contributed by atoms with E-state index in [0.717, 1.165) is 0 Å². The third-order valence-electron chi connectivity index (χ3n) is 3.39. The summed E-state index contributed by atoms with van der Waals surface area (Å²) in [5.74, 6) is 0.319. The minimum Gasteiger partial charge on any atom is -0.493 e. The molecule has 0 aliphatic rings. The molecule has 0 saturated heterocycles. The number of nitrogens with one attached hydrogen (secondary N) is 1. The molecule has 2 heterocycles. The van der Waals surface area contributed by atoms with E-state index in [1.807, 2.05) is 10.8 Å². The molecule has 124 valence electrons. The highest BCUT2D eigenvalue weighted by Gasteiger charge is 2.21. The van der Waals surface area contributed by atoms with Gasteiger partial charge in [0.1, 0.15) is 12.3 Å². The van der Waals surface area contributed by atoms with Crippen molar-refractivity contribution in [1.29, 1.82) is 0 Å². The number of rotatable bonds is 7. The Morgan fingerprint density at radius 3 is 2.96 bits per heavy atom. The van der Waals surface area contributed by atoms with Crippen LogP contribution in [0.1, 0.15) is 10.5 Å². The fourth-order valence-corrected chi connectivity index (χ4v) is 2.27. The summed E-state index contributed by atoms with van der Waals surface area (Å²) in [6.45, 7) is 0.993. The van der Waals surface area contributed by atoms with E-state index in [1.165, 1.54) is 0 Å². The summed E-state index contributed by atoms with van der Waals surface area (Å²) < 4.78 is 13.1. The number of hydrogen-bond donors (Lipinski definition) is 2. The number of benzene rings is 1. The SMILES string of the molecule is COc1cccc(-c2n[nH]nc2C(N)=O)c1OCCn1ccnc1.